The number of ether oxygens (including phenoxy) is 1. The molecule has 1 atom stereocenters. The SMILES string of the molecule is Cc1cccc(NC(=O)CN(CC2CCCO2)C(=O)c2cccc(-n3cnnn3)c2)c1C. The van der Waals surface area contributed by atoms with Crippen molar-refractivity contribution in [3.63, 3.8) is 0 Å². The van der Waals surface area contributed by atoms with Crippen LogP contribution in [0.1, 0.15) is 34.3 Å². The number of anilines is 1. The Balaban J connectivity index is 1.53. The highest BCUT2D eigenvalue weighted by atomic mass is 16.5. The number of aromatic nitrogens is 4. The lowest BCUT2D eigenvalue weighted by Gasteiger charge is -2.25. The van der Waals surface area contributed by atoms with Crippen molar-refractivity contribution in [3.05, 3.63) is 65.5 Å². The summed E-state index contributed by atoms with van der Waals surface area (Å²) < 4.78 is 7.21. The molecule has 1 saturated heterocycles. The van der Waals surface area contributed by atoms with Crippen LogP contribution in [0.15, 0.2) is 48.8 Å². The van der Waals surface area contributed by atoms with Gasteiger partial charge in [0.2, 0.25) is 5.91 Å². The fraction of sp³-hybridized carbons (Fsp3) is 0.348. The van der Waals surface area contributed by atoms with Gasteiger partial charge >= 0.3 is 0 Å². The van der Waals surface area contributed by atoms with E-state index in [0.29, 0.717) is 24.4 Å². The van der Waals surface area contributed by atoms with Crippen LogP contribution in [-0.4, -0.2) is 62.7 Å². The zero-order valence-corrected chi connectivity index (χ0v) is 18.2. The number of carbonyl (C=O) groups excluding carboxylic acids is 2. The molecule has 2 amide bonds. The molecule has 1 aromatic heterocycles. The number of carbonyl (C=O) groups is 2. The first-order valence-electron chi connectivity index (χ1n) is 10.6. The van der Waals surface area contributed by atoms with E-state index in [1.54, 1.807) is 23.1 Å². The van der Waals surface area contributed by atoms with Crippen LogP contribution in [0.5, 0.6) is 0 Å². The number of nitrogens with zero attached hydrogens (tertiary/aromatic N) is 5. The summed E-state index contributed by atoms with van der Waals surface area (Å²) in [5.74, 6) is -0.492. The first kappa shape index (κ1) is 21.6. The minimum atomic E-state index is -0.248. The summed E-state index contributed by atoms with van der Waals surface area (Å²) >= 11 is 0. The molecule has 32 heavy (non-hydrogen) atoms. The van der Waals surface area contributed by atoms with E-state index in [9.17, 15) is 9.59 Å². The summed E-state index contributed by atoms with van der Waals surface area (Å²) in [6, 6.07) is 12.8. The summed E-state index contributed by atoms with van der Waals surface area (Å²) in [4.78, 5) is 27.8. The van der Waals surface area contributed by atoms with Gasteiger partial charge in [-0.3, -0.25) is 9.59 Å². The molecule has 0 aliphatic carbocycles. The molecule has 9 nitrogen and oxygen atoms in total. The number of aryl methyl sites for hydroxylation is 1. The second kappa shape index (κ2) is 9.69. The third-order valence-corrected chi connectivity index (χ3v) is 5.66. The largest absolute Gasteiger partial charge is 0.376 e. The molecule has 0 radical (unpaired) electrons. The molecule has 0 saturated carbocycles. The lowest BCUT2D eigenvalue weighted by molar-refractivity contribution is -0.117. The summed E-state index contributed by atoms with van der Waals surface area (Å²) in [7, 11) is 0. The van der Waals surface area contributed by atoms with Crippen molar-refractivity contribution < 1.29 is 14.3 Å². The van der Waals surface area contributed by atoms with Crippen molar-refractivity contribution in [2.75, 3.05) is 25.0 Å². The van der Waals surface area contributed by atoms with Gasteiger partial charge in [-0.2, -0.15) is 0 Å². The minimum Gasteiger partial charge on any atom is -0.376 e. The van der Waals surface area contributed by atoms with Gasteiger partial charge in [-0.05, 0) is 72.5 Å². The highest BCUT2D eigenvalue weighted by Crippen LogP contribution is 2.19. The first-order chi connectivity index (χ1) is 15.5. The Kier molecular flexibility index (Phi) is 6.55. The Morgan fingerprint density at radius 3 is 2.81 bits per heavy atom. The fourth-order valence-corrected chi connectivity index (χ4v) is 3.75. The van der Waals surface area contributed by atoms with Crippen molar-refractivity contribution in [1.29, 1.82) is 0 Å². The summed E-state index contributed by atoms with van der Waals surface area (Å²) in [5, 5.41) is 14.1. The van der Waals surface area contributed by atoms with Gasteiger partial charge in [0.1, 0.15) is 12.9 Å². The zero-order chi connectivity index (χ0) is 22.5. The van der Waals surface area contributed by atoms with Crippen LogP contribution in [0.4, 0.5) is 5.69 Å². The predicted octanol–water partition coefficient (Wildman–Crippen LogP) is 2.54. The Labute approximate surface area is 186 Å². The smallest absolute Gasteiger partial charge is 0.254 e. The average molecular weight is 435 g/mol. The Hall–Kier alpha value is -3.59. The van der Waals surface area contributed by atoms with Gasteiger partial charge in [0, 0.05) is 24.4 Å². The monoisotopic (exact) mass is 434 g/mol. The molecule has 0 spiro atoms. The summed E-state index contributed by atoms with van der Waals surface area (Å²) in [6.45, 7) is 4.92. The van der Waals surface area contributed by atoms with Crippen LogP contribution in [0, 0.1) is 13.8 Å². The molecular weight excluding hydrogens is 408 g/mol. The number of benzene rings is 2. The van der Waals surface area contributed by atoms with Gasteiger partial charge in [0.05, 0.1) is 11.8 Å². The number of tetrazole rings is 1. The Bertz CT molecular complexity index is 1090. The fourth-order valence-electron chi connectivity index (χ4n) is 3.75. The van der Waals surface area contributed by atoms with E-state index >= 15 is 0 Å². The molecule has 1 fully saturated rings. The van der Waals surface area contributed by atoms with Gasteiger partial charge in [0.25, 0.3) is 5.91 Å². The Morgan fingerprint density at radius 2 is 2.06 bits per heavy atom. The van der Waals surface area contributed by atoms with Gasteiger partial charge < -0.3 is 15.0 Å². The number of hydrogen-bond donors (Lipinski definition) is 1. The van der Waals surface area contributed by atoms with E-state index in [1.807, 2.05) is 38.1 Å². The van der Waals surface area contributed by atoms with Crippen molar-refractivity contribution in [2.24, 2.45) is 0 Å². The molecule has 2 heterocycles. The number of hydrogen-bond acceptors (Lipinski definition) is 6. The molecule has 4 rings (SSSR count). The topological polar surface area (TPSA) is 102 Å². The maximum atomic E-state index is 13.4. The third-order valence-electron chi connectivity index (χ3n) is 5.66. The Morgan fingerprint density at radius 1 is 1.22 bits per heavy atom. The van der Waals surface area contributed by atoms with Crippen LogP contribution in [0.25, 0.3) is 5.69 Å². The molecular formula is C23H26N6O3. The van der Waals surface area contributed by atoms with E-state index in [-0.39, 0.29) is 24.5 Å². The van der Waals surface area contributed by atoms with Gasteiger partial charge in [-0.25, -0.2) is 4.68 Å². The maximum Gasteiger partial charge on any atom is 0.254 e. The molecule has 2 aromatic carbocycles. The third kappa shape index (κ3) is 5.00. The molecule has 166 valence electrons. The molecule has 1 aliphatic rings. The van der Waals surface area contributed by atoms with Gasteiger partial charge in [-0.15, -0.1) is 5.10 Å². The summed E-state index contributed by atoms with van der Waals surface area (Å²) in [5.41, 5.74) is 3.97. The number of rotatable bonds is 7. The maximum absolute atomic E-state index is 13.4. The molecule has 9 heteroatoms. The van der Waals surface area contributed by atoms with Crippen molar-refractivity contribution in [2.45, 2.75) is 32.8 Å². The minimum absolute atomic E-state index is 0.0683. The second-order valence-electron chi connectivity index (χ2n) is 7.92. The first-order valence-corrected chi connectivity index (χ1v) is 10.6. The van der Waals surface area contributed by atoms with Crippen molar-refractivity contribution >= 4 is 17.5 Å². The average Bonchev–Trinajstić information content (AvgIpc) is 3.50. The molecule has 1 aliphatic heterocycles. The highest BCUT2D eigenvalue weighted by molar-refractivity contribution is 6.00. The standard InChI is InChI=1S/C23H26N6O3/c1-16-6-3-10-21(17(16)2)25-22(30)14-28(13-20-9-5-11-32-20)23(31)18-7-4-8-19(12-18)29-15-24-26-27-29/h3-4,6-8,10,12,15,20H,5,9,11,13-14H2,1-2H3,(H,25,30). The highest BCUT2D eigenvalue weighted by Gasteiger charge is 2.25. The quantitative estimate of drug-likeness (QED) is 0.613. The van der Waals surface area contributed by atoms with Crippen LogP contribution in [0.3, 0.4) is 0 Å². The van der Waals surface area contributed by atoms with E-state index in [1.165, 1.54) is 11.0 Å². The van der Waals surface area contributed by atoms with Crippen LogP contribution in [0.2, 0.25) is 0 Å². The van der Waals surface area contributed by atoms with Crippen LogP contribution in [-0.2, 0) is 9.53 Å². The van der Waals surface area contributed by atoms with E-state index < -0.39 is 0 Å². The van der Waals surface area contributed by atoms with Crippen LogP contribution < -0.4 is 5.32 Å². The lowest BCUT2D eigenvalue weighted by Crippen LogP contribution is -2.42. The van der Waals surface area contributed by atoms with E-state index in [0.717, 1.165) is 29.7 Å². The van der Waals surface area contributed by atoms with Gasteiger partial charge in [0.15, 0.2) is 0 Å². The van der Waals surface area contributed by atoms with E-state index in [4.69, 9.17) is 4.74 Å². The molecule has 0 bridgehead atoms. The zero-order valence-electron chi connectivity index (χ0n) is 18.2. The normalized spacial score (nSPS) is 15.5. The number of nitrogens with one attached hydrogen (secondary N) is 1. The van der Waals surface area contributed by atoms with Gasteiger partial charge in [-0.1, -0.05) is 18.2 Å². The summed E-state index contributed by atoms with van der Waals surface area (Å²) in [6.07, 6.45) is 3.21. The second-order valence-corrected chi connectivity index (χ2v) is 7.92. The van der Waals surface area contributed by atoms with Crippen molar-refractivity contribution in [1.82, 2.24) is 25.1 Å². The van der Waals surface area contributed by atoms with E-state index in [2.05, 4.69) is 20.8 Å². The molecule has 3 aromatic rings. The van der Waals surface area contributed by atoms with Crippen molar-refractivity contribution in [3.8, 4) is 5.69 Å². The number of amides is 2. The molecule has 1 unspecified atom stereocenters. The predicted molar refractivity (Wildman–Crippen MR) is 119 cm³/mol. The molecule has 1 N–H and O–H groups in total. The lowest BCUT2D eigenvalue weighted by atomic mass is 10.1. The van der Waals surface area contributed by atoms with Crippen LogP contribution >= 0.6 is 0 Å².